The summed E-state index contributed by atoms with van der Waals surface area (Å²) in [5.41, 5.74) is 0.799. The minimum absolute atomic E-state index is 0. The Hall–Kier alpha value is -1.57. The van der Waals surface area contributed by atoms with Gasteiger partial charge in [-0.3, -0.25) is 5.10 Å². The molecule has 2 aromatic rings. The Balaban J connectivity index is 0.00000128. The third-order valence-corrected chi connectivity index (χ3v) is 1.79. The first-order valence-electron chi connectivity index (χ1n) is 4.06. The number of aromatic hydroxyl groups is 1. The molecular weight excluding hydrogens is 310 g/mol. The number of carbonyl (C=O) groups is 1. The Kier molecular flexibility index (Phi) is 3.88. The Labute approximate surface area is 105 Å². The fourth-order valence-electron chi connectivity index (χ4n) is 1.14. The van der Waals surface area contributed by atoms with Crippen LogP contribution in [0.5, 0.6) is 11.5 Å². The topological polar surface area (TPSA) is 108 Å². The maximum atomic E-state index is 10.3. The first-order chi connectivity index (χ1) is 7.18. The molecule has 0 saturated heterocycles. The Morgan fingerprint density at radius 2 is 2.25 bits per heavy atom. The van der Waals surface area contributed by atoms with E-state index >= 15 is 0 Å². The van der Waals surface area contributed by atoms with Gasteiger partial charge in [-0.15, -0.1) is 5.10 Å². The van der Waals surface area contributed by atoms with Gasteiger partial charge in [0.05, 0.1) is 5.52 Å². The summed E-state index contributed by atoms with van der Waals surface area (Å²) in [4.78, 5) is 10.3. The zero-order valence-corrected chi connectivity index (χ0v) is 9.25. The molecule has 0 bridgehead atoms. The van der Waals surface area contributed by atoms with Crippen LogP contribution in [0.1, 0.15) is 0 Å². The molecule has 8 heteroatoms. The SMILES string of the molecule is O=C(O)COc1ccc2[nH]nnc2c1O.[Ag]. The fraction of sp³-hybridized carbons (Fsp3) is 0.125. The zero-order chi connectivity index (χ0) is 10.8. The van der Waals surface area contributed by atoms with Crippen LogP contribution < -0.4 is 4.74 Å². The van der Waals surface area contributed by atoms with Gasteiger partial charge >= 0.3 is 5.97 Å². The summed E-state index contributed by atoms with van der Waals surface area (Å²) >= 11 is 0. The van der Waals surface area contributed by atoms with Crippen molar-refractivity contribution in [3.63, 3.8) is 0 Å². The van der Waals surface area contributed by atoms with Gasteiger partial charge in [-0.05, 0) is 12.1 Å². The molecule has 1 aromatic carbocycles. The fourth-order valence-corrected chi connectivity index (χ4v) is 1.14. The van der Waals surface area contributed by atoms with Gasteiger partial charge in [0.2, 0.25) is 0 Å². The second kappa shape index (κ2) is 4.97. The van der Waals surface area contributed by atoms with E-state index in [4.69, 9.17) is 9.84 Å². The van der Waals surface area contributed by atoms with Crippen molar-refractivity contribution < 1.29 is 42.1 Å². The van der Waals surface area contributed by atoms with Crippen molar-refractivity contribution in [3.05, 3.63) is 12.1 Å². The number of phenolic OH excluding ortho intramolecular Hbond substituents is 1. The van der Waals surface area contributed by atoms with E-state index in [0.717, 1.165) is 0 Å². The van der Waals surface area contributed by atoms with Crippen molar-refractivity contribution in [2.75, 3.05) is 6.61 Å². The smallest absolute Gasteiger partial charge is 0.341 e. The van der Waals surface area contributed by atoms with Crippen molar-refractivity contribution >= 4 is 17.0 Å². The number of benzene rings is 1. The summed E-state index contributed by atoms with van der Waals surface area (Å²) in [5.74, 6) is -1.27. The molecule has 3 N–H and O–H groups in total. The van der Waals surface area contributed by atoms with E-state index in [-0.39, 0.29) is 39.4 Å². The maximum absolute atomic E-state index is 10.3. The summed E-state index contributed by atoms with van der Waals surface area (Å²) in [7, 11) is 0. The number of hydrogen-bond donors (Lipinski definition) is 3. The van der Waals surface area contributed by atoms with E-state index in [0.29, 0.717) is 5.52 Å². The monoisotopic (exact) mass is 316 g/mol. The van der Waals surface area contributed by atoms with Gasteiger partial charge < -0.3 is 14.9 Å². The maximum Gasteiger partial charge on any atom is 0.341 e. The van der Waals surface area contributed by atoms with Gasteiger partial charge in [0.15, 0.2) is 23.6 Å². The van der Waals surface area contributed by atoms with Crippen molar-refractivity contribution in [2.45, 2.75) is 0 Å². The van der Waals surface area contributed by atoms with Crippen LogP contribution in [-0.2, 0) is 27.2 Å². The van der Waals surface area contributed by atoms with E-state index in [2.05, 4.69) is 15.4 Å². The summed E-state index contributed by atoms with van der Waals surface area (Å²) in [6.45, 7) is -0.517. The van der Waals surface area contributed by atoms with Crippen LogP contribution >= 0.6 is 0 Å². The van der Waals surface area contributed by atoms with Crippen molar-refractivity contribution in [2.24, 2.45) is 0 Å². The molecule has 1 heterocycles. The molecule has 2 rings (SSSR count). The first-order valence-corrected chi connectivity index (χ1v) is 4.06. The number of nitrogens with zero attached hydrogens (tertiary/aromatic N) is 2. The predicted octanol–water partition coefficient (Wildman–Crippen LogP) is 0.124. The Morgan fingerprint density at radius 3 is 2.94 bits per heavy atom. The van der Waals surface area contributed by atoms with Crippen LogP contribution in [0.25, 0.3) is 11.0 Å². The Bertz CT molecular complexity index is 513. The number of rotatable bonds is 3. The van der Waals surface area contributed by atoms with E-state index in [1.807, 2.05) is 0 Å². The molecule has 0 fully saturated rings. The van der Waals surface area contributed by atoms with Crippen LogP contribution in [0.2, 0.25) is 0 Å². The molecule has 1 radical (unpaired) electrons. The Morgan fingerprint density at radius 1 is 1.50 bits per heavy atom. The predicted molar refractivity (Wildman–Crippen MR) is 48.7 cm³/mol. The van der Waals surface area contributed by atoms with Crippen molar-refractivity contribution in [1.82, 2.24) is 15.4 Å². The number of phenols is 1. The largest absolute Gasteiger partial charge is 0.503 e. The summed E-state index contributed by atoms with van der Waals surface area (Å²) < 4.78 is 4.84. The molecule has 0 aliphatic rings. The average molecular weight is 317 g/mol. The molecule has 7 nitrogen and oxygen atoms in total. The standard InChI is InChI=1S/C8H7N3O4.Ag/c12-6(13)3-15-5-2-1-4-7(8(5)14)10-11-9-4;/h1-2,14H,3H2,(H,12,13)(H,9,10,11);. The molecule has 0 saturated carbocycles. The average Bonchev–Trinajstić information content (AvgIpc) is 2.65. The molecule has 0 amide bonds. The van der Waals surface area contributed by atoms with E-state index in [9.17, 15) is 9.90 Å². The second-order valence-corrected chi connectivity index (χ2v) is 2.80. The third kappa shape index (κ3) is 2.32. The van der Waals surface area contributed by atoms with E-state index in [1.54, 1.807) is 6.07 Å². The minimum Gasteiger partial charge on any atom is -0.503 e. The van der Waals surface area contributed by atoms with Crippen LogP contribution in [-0.4, -0.2) is 38.2 Å². The summed E-state index contributed by atoms with van der Waals surface area (Å²) in [5, 5.41) is 27.7. The van der Waals surface area contributed by atoms with Gasteiger partial charge in [0.1, 0.15) is 0 Å². The van der Waals surface area contributed by atoms with Gasteiger partial charge in [0.25, 0.3) is 0 Å². The van der Waals surface area contributed by atoms with Gasteiger partial charge in [-0.1, -0.05) is 5.21 Å². The number of nitrogens with one attached hydrogen (secondary N) is 1. The van der Waals surface area contributed by atoms with E-state index in [1.165, 1.54) is 6.07 Å². The second-order valence-electron chi connectivity index (χ2n) is 2.80. The van der Waals surface area contributed by atoms with Gasteiger partial charge in [-0.2, -0.15) is 0 Å². The van der Waals surface area contributed by atoms with Crippen LogP contribution in [0.3, 0.4) is 0 Å². The first kappa shape index (κ1) is 12.5. The third-order valence-electron chi connectivity index (χ3n) is 1.79. The number of fused-ring (bicyclic) bond motifs is 1. The number of hydrogen-bond acceptors (Lipinski definition) is 5. The van der Waals surface area contributed by atoms with E-state index < -0.39 is 12.6 Å². The molecule has 0 unspecified atom stereocenters. The molecule has 16 heavy (non-hydrogen) atoms. The van der Waals surface area contributed by atoms with Crippen LogP contribution in [0.15, 0.2) is 12.1 Å². The number of aromatic nitrogens is 3. The summed E-state index contributed by atoms with van der Waals surface area (Å²) in [6.07, 6.45) is 0. The molecule has 0 atom stereocenters. The number of carboxylic acid groups (broad SMARTS) is 1. The number of ether oxygens (including phenoxy) is 1. The number of aliphatic carboxylic acids is 1. The number of carboxylic acids is 1. The molecule has 1 aromatic heterocycles. The van der Waals surface area contributed by atoms with Crippen molar-refractivity contribution in [3.8, 4) is 11.5 Å². The quantitative estimate of drug-likeness (QED) is 0.694. The van der Waals surface area contributed by atoms with Crippen LogP contribution in [0, 0.1) is 0 Å². The summed E-state index contributed by atoms with van der Waals surface area (Å²) in [6, 6.07) is 3.03. The van der Waals surface area contributed by atoms with Gasteiger partial charge in [-0.25, -0.2) is 4.79 Å². The minimum atomic E-state index is -1.12. The van der Waals surface area contributed by atoms with Crippen molar-refractivity contribution in [1.29, 1.82) is 0 Å². The van der Waals surface area contributed by atoms with Gasteiger partial charge in [0, 0.05) is 22.4 Å². The number of H-pyrrole nitrogens is 1. The number of aromatic amines is 1. The zero-order valence-electron chi connectivity index (χ0n) is 7.77. The van der Waals surface area contributed by atoms with Crippen LogP contribution in [0.4, 0.5) is 0 Å². The molecule has 0 aliphatic carbocycles. The molecule has 89 valence electrons. The normalized spacial score (nSPS) is 9.75. The molecular formula is C8H7AgN3O4. The molecule has 0 aliphatic heterocycles. The molecule has 0 spiro atoms.